The van der Waals surface area contributed by atoms with Crippen LogP contribution >= 0.6 is 0 Å². The number of pyridine rings is 2. The van der Waals surface area contributed by atoms with Gasteiger partial charge in [-0.15, -0.1) is 0 Å². The maximum absolute atomic E-state index is 12.9. The highest BCUT2D eigenvalue weighted by atomic mass is 19.1. The number of fused-ring (bicyclic) bond motifs is 1. The lowest BCUT2D eigenvalue weighted by atomic mass is 9.98. The Balaban J connectivity index is 1.34. The normalized spacial score (nSPS) is 16.9. The number of benzene rings is 1. The van der Waals surface area contributed by atoms with E-state index in [0.717, 1.165) is 47.3 Å². The molecular formula is C26H28FN7O2. The molecule has 4 N–H and O–H groups in total. The van der Waals surface area contributed by atoms with Crippen LogP contribution in [0.25, 0.3) is 16.3 Å². The second kappa shape index (κ2) is 10.8. The summed E-state index contributed by atoms with van der Waals surface area (Å²) in [5.41, 5.74) is 8.98. The summed E-state index contributed by atoms with van der Waals surface area (Å²) in [6.07, 6.45) is 4.89. The number of nitrogens with one attached hydrogen (secondary N) is 2. The molecule has 1 aromatic carbocycles. The number of nitrogens with zero attached hydrogens (tertiary/aromatic N) is 4. The molecule has 3 aromatic rings. The summed E-state index contributed by atoms with van der Waals surface area (Å²) in [6, 6.07) is 11.0. The Bertz CT molecular complexity index is 1320. The van der Waals surface area contributed by atoms with E-state index in [4.69, 9.17) is 10.5 Å². The number of hydrogen-bond donors (Lipinski definition) is 3. The minimum absolute atomic E-state index is 0.0750. The topological polar surface area (TPSA) is 118 Å². The zero-order valence-corrected chi connectivity index (χ0v) is 19.8. The van der Waals surface area contributed by atoms with Crippen LogP contribution in [0.15, 0.2) is 60.0 Å². The van der Waals surface area contributed by atoms with Gasteiger partial charge in [-0.05, 0) is 29.1 Å². The van der Waals surface area contributed by atoms with Crippen LogP contribution in [-0.2, 0) is 0 Å². The van der Waals surface area contributed by atoms with Gasteiger partial charge in [0, 0.05) is 73.9 Å². The fourth-order valence-electron chi connectivity index (χ4n) is 4.20. The maximum Gasteiger partial charge on any atom is 0.257 e. The van der Waals surface area contributed by atoms with Crippen LogP contribution in [-0.4, -0.2) is 78.5 Å². The summed E-state index contributed by atoms with van der Waals surface area (Å²) in [6.45, 7) is 3.43. The average molecular weight is 490 g/mol. The fourth-order valence-corrected chi connectivity index (χ4v) is 4.20. The summed E-state index contributed by atoms with van der Waals surface area (Å²) in [5.74, 6) is 0.542. The number of hydrogen-bond acceptors (Lipinski definition) is 8. The molecule has 5 rings (SSSR count). The van der Waals surface area contributed by atoms with Gasteiger partial charge in [0.25, 0.3) is 5.91 Å². The SMILES string of the molecule is NC=C(C1=NCCN(CCF)C1)c1ccc2cnc(NC(=O)c3ccnc(OC4CNC4)c3)cc2c1. The number of rotatable bonds is 8. The van der Waals surface area contributed by atoms with Crippen molar-refractivity contribution < 1.29 is 13.9 Å². The van der Waals surface area contributed by atoms with Gasteiger partial charge in [0.05, 0.1) is 12.3 Å². The quantitative estimate of drug-likeness (QED) is 0.444. The van der Waals surface area contributed by atoms with Crippen LogP contribution in [0.1, 0.15) is 15.9 Å². The van der Waals surface area contributed by atoms with Crippen LogP contribution in [0.5, 0.6) is 5.88 Å². The lowest BCUT2D eigenvalue weighted by molar-refractivity contribution is 0.102. The molecule has 9 nitrogen and oxygen atoms in total. The summed E-state index contributed by atoms with van der Waals surface area (Å²) >= 11 is 0. The van der Waals surface area contributed by atoms with E-state index >= 15 is 0 Å². The molecule has 1 amide bonds. The van der Waals surface area contributed by atoms with Crippen LogP contribution < -0.4 is 21.1 Å². The van der Waals surface area contributed by atoms with Gasteiger partial charge in [0.2, 0.25) is 5.88 Å². The molecule has 0 unspecified atom stereocenters. The highest BCUT2D eigenvalue weighted by molar-refractivity contribution is 6.25. The Hall–Kier alpha value is -3.89. The number of nitrogens with two attached hydrogens (primary N) is 1. The number of amides is 1. The average Bonchev–Trinajstić information content (AvgIpc) is 2.87. The van der Waals surface area contributed by atoms with Gasteiger partial charge in [-0.2, -0.15) is 0 Å². The Kier molecular flexibility index (Phi) is 7.15. The third kappa shape index (κ3) is 5.34. The Labute approximate surface area is 208 Å². The summed E-state index contributed by atoms with van der Waals surface area (Å²) < 4.78 is 18.6. The summed E-state index contributed by atoms with van der Waals surface area (Å²) in [7, 11) is 0. The van der Waals surface area contributed by atoms with Crippen molar-refractivity contribution >= 4 is 33.8 Å². The molecule has 2 aliphatic heterocycles. The minimum atomic E-state index is -0.391. The van der Waals surface area contributed by atoms with E-state index in [0.29, 0.717) is 36.9 Å². The Morgan fingerprint density at radius 2 is 2.08 bits per heavy atom. The number of carbonyl (C=O) groups is 1. The maximum atomic E-state index is 12.9. The molecule has 0 radical (unpaired) electrons. The van der Waals surface area contributed by atoms with Crippen molar-refractivity contribution in [2.45, 2.75) is 6.10 Å². The van der Waals surface area contributed by atoms with E-state index in [2.05, 4.69) is 25.6 Å². The second-order valence-corrected chi connectivity index (χ2v) is 8.74. The minimum Gasteiger partial charge on any atom is -0.472 e. The van der Waals surface area contributed by atoms with Crippen LogP contribution in [0.2, 0.25) is 0 Å². The molecule has 0 bridgehead atoms. The Morgan fingerprint density at radius 3 is 2.86 bits per heavy atom. The first-order chi connectivity index (χ1) is 17.6. The molecule has 1 saturated heterocycles. The fraction of sp³-hybridized carbons (Fsp3) is 0.308. The van der Waals surface area contributed by atoms with Crippen LogP contribution in [0, 0.1) is 0 Å². The highest BCUT2D eigenvalue weighted by Gasteiger charge is 2.20. The number of alkyl halides is 1. The number of aromatic nitrogens is 2. The summed E-state index contributed by atoms with van der Waals surface area (Å²) in [4.78, 5) is 28.1. The van der Waals surface area contributed by atoms with E-state index in [9.17, 15) is 9.18 Å². The number of halogens is 1. The van der Waals surface area contributed by atoms with Gasteiger partial charge < -0.3 is 21.1 Å². The van der Waals surface area contributed by atoms with E-state index in [1.807, 2.05) is 29.2 Å². The third-order valence-corrected chi connectivity index (χ3v) is 6.27. The first kappa shape index (κ1) is 23.8. The van der Waals surface area contributed by atoms with Gasteiger partial charge in [-0.3, -0.25) is 14.7 Å². The lowest BCUT2D eigenvalue weighted by Gasteiger charge is -2.27. The van der Waals surface area contributed by atoms with Crippen molar-refractivity contribution in [3.8, 4) is 5.88 Å². The van der Waals surface area contributed by atoms with Crippen LogP contribution in [0.4, 0.5) is 10.2 Å². The van der Waals surface area contributed by atoms with E-state index in [-0.39, 0.29) is 12.0 Å². The lowest BCUT2D eigenvalue weighted by Crippen LogP contribution is -2.50. The molecule has 10 heteroatoms. The van der Waals surface area contributed by atoms with Crippen molar-refractivity contribution in [2.75, 3.05) is 51.3 Å². The zero-order valence-electron chi connectivity index (χ0n) is 19.8. The van der Waals surface area contributed by atoms with Gasteiger partial charge in [-0.1, -0.05) is 12.1 Å². The van der Waals surface area contributed by atoms with E-state index in [1.165, 1.54) is 0 Å². The molecular weight excluding hydrogens is 461 g/mol. The van der Waals surface area contributed by atoms with Gasteiger partial charge in [-0.25, -0.2) is 14.4 Å². The Morgan fingerprint density at radius 1 is 1.19 bits per heavy atom. The molecule has 4 heterocycles. The monoisotopic (exact) mass is 489 g/mol. The number of anilines is 1. The molecule has 2 aliphatic rings. The van der Waals surface area contributed by atoms with Gasteiger partial charge in [0.15, 0.2) is 0 Å². The van der Waals surface area contributed by atoms with Gasteiger partial charge >= 0.3 is 0 Å². The molecule has 0 atom stereocenters. The van der Waals surface area contributed by atoms with E-state index in [1.54, 1.807) is 30.7 Å². The molecule has 2 aromatic heterocycles. The predicted octanol–water partition coefficient (Wildman–Crippen LogP) is 2.26. The summed E-state index contributed by atoms with van der Waals surface area (Å²) in [5, 5.41) is 7.80. The molecule has 0 saturated carbocycles. The van der Waals surface area contributed by atoms with Crippen molar-refractivity contribution in [3.05, 3.63) is 66.1 Å². The molecule has 186 valence electrons. The third-order valence-electron chi connectivity index (χ3n) is 6.27. The smallest absolute Gasteiger partial charge is 0.257 e. The van der Waals surface area contributed by atoms with Crippen molar-refractivity contribution in [1.29, 1.82) is 0 Å². The molecule has 1 fully saturated rings. The van der Waals surface area contributed by atoms with E-state index < -0.39 is 6.67 Å². The highest BCUT2D eigenvalue weighted by Crippen LogP contribution is 2.25. The predicted molar refractivity (Wildman–Crippen MR) is 138 cm³/mol. The number of ether oxygens (including phenoxy) is 1. The number of aliphatic imine (C=N–C) groups is 1. The second-order valence-electron chi connectivity index (χ2n) is 8.74. The first-order valence-electron chi connectivity index (χ1n) is 11.9. The van der Waals surface area contributed by atoms with Crippen molar-refractivity contribution in [1.82, 2.24) is 20.2 Å². The molecule has 0 spiro atoms. The standard InChI is InChI=1S/C26H28FN7O2/c27-4-7-34-8-6-30-23(16-34)22(12-28)17-1-2-19-13-32-24(10-20(19)9-17)33-26(35)18-3-5-31-25(11-18)36-21-14-29-15-21/h1-3,5,9-13,21,29H,4,6-8,14-16,28H2,(H,32,33,35). The molecule has 0 aliphatic carbocycles. The first-order valence-corrected chi connectivity index (χ1v) is 11.9. The molecule has 36 heavy (non-hydrogen) atoms. The van der Waals surface area contributed by atoms with Crippen LogP contribution in [0.3, 0.4) is 0 Å². The van der Waals surface area contributed by atoms with Gasteiger partial charge in [0.1, 0.15) is 18.6 Å². The van der Waals surface area contributed by atoms with Crippen molar-refractivity contribution in [2.24, 2.45) is 10.7 Å². The number of carbonyl (C=O) groups excluding carboxylic acids is 1. The largest absolute Gasteiger partial charge is 0.472 e. The zero-order chi connectivity index (χ0) is 24.9. The van der Waals surface area contributed by atoms with Crippen molar-refractivity contribution in [3.63, 3.8) is 0 Å².